The Morgan fingerprint density at radius 2 is 1.96 bits per heavy atom. The molecule has 134 valence electrons. The van der Waals surface area contributed by atoms with Gasteiger partial charge in [-0.25, -0.2) is 0 Å². The molecule has 25 heavy (non-hydrogen) atoms. The summed E-state index contributed by atoms with van der Waals surface area (Å²) in [5.74, 6) is -0.435. The van der Waals surface area contributed by atoms with Gasteiger partial charge in [0.25, 0.3) is 5.91 Å². The van der Waals surface area contributed by atoms with Crippen LogP contribution in [0.5, 0.6) is 0 Å². The number of anilines is 1. The minimum Gasteiger partial charge on any atom is -0.376 e. The van der Waals surface area contributed by atoms with E-state index >= 15 is 0 Å². The Kier molecular flexibility index (Phi) is 5.65. The molecule has 7 heteroatoms. The Labute approximate surface area is 146 Å². The maximum atomic E-state index is 12.1. The number of amides is 3. The molecule has 2 N–H and O–H groups in total. The number of rotatable bonds is 6. The van der Waals surface area contributed by atoms with Gasteiger partial charge in [0.15, 0.2) is 0 Å². The monoisotopic (exact) mass is 345 g/mol. The summed E-state index contributed by atoms with van der Waals surface area (Å²) in [7, 11) is 0. The quantitative estimate of drug-likeness (QED) is 0.800. The number of carbonyl (C=O) groups excluding carboxylic acids is 3. The highest BCUT2D eigenvalue weighted by molar-refractivity contribution is 5.98. The summed E-state index contributed by atoms with van der Waals surface area (Å²) in [6.45, 7) is 1.87. The largest absolute Gasteiger partial charge is 0.376 e. The van der Waals surface area contributed by atoms with Gasteiger partial charge in [0.05, 0.1) is 12.6 Å². The first-order valence-electron chi connectivity index (χ1n) is 8.70. The average Bonchev–Trinajstić information content (AvgIpc) is 3.29. The van der Waals surface area contributed by atoms with Gasteiger partial charge in [-0.15, -0.1) is 0 Å². The third kappa shape index (κ3) is 4.57. The number of ether oxygens (including phenoxy) is 1. The zero-order valence-electron chi connectivity index (χ0n) is 14.1. The molecule has 3 rings (SSSR count). The highest BCUT2D eigenvalue weighted by Crippen LogP contribution is 2.21. The predicted molar refractivity (Wildman–Crippen MR) is 92.3 cm³/mol. The van der Waals surface area contributed by atoms with Crippen molar-refractivity contribution in [2.45, 2.75) is 31.8 Å². The molecule has 2 saturated heterocycles. The van der Waals surface area contributed by atoms with Crippen LogP contribution in [0.2, 0.25) is 0 Å². The standard InChI is InChI=1S/C18H23N3O4/c22-16(19-11-15-3-2-10-25-15)12-20-18(24)13-5-7-14(8-6-13)21-9-1-4-17(21)23/h5-8,15H,1-4,9-12H2,(H,19,22)(H,20,24)/t15-/m0/s1. The molecular weight excluding hydrogens is 322 g/mol. The van der Waals surface area contributed by atoms with E-state index < -0.39 is 0 Å². The van der Waals surface area contributed by atoms with Crippen LogP contribution in [0.4, 0.5) is 5.69 Å². The smallest absolute Gasteiger partial charge is 0.251 e. The van der Waals surface area contributed by atoms with Crippen molar-refractivity contribution >= 4 is 23.4 Å². The molecular formula is C18H23N3O4. The summed E-state index contributed by atoms with van der Waals surface area (Å²) in [5, 5.41) is 5.36. The van der Waals surface area contributed by atoms with Crippen LogP contribution in [0, 0.1) is 0 Å². The third-order valence-electron chi connectivity index (χ3n) is 4.47. The number of hydrogen-bond acceptors (Lipinski definition) is 4. The van der Waals surface area contributed by atoms with Crippen LogP contribution >= 0.6 is 0 Å². The summed E-state index contributed by atoms with van der Waals surface area (Å²) in [4.78, 5) is 37.3. The number of hydrogen-bond donors (Lipinski definition) is 2. The molecule has 7 nitrogen and oxygen atoms in total. The van der Waals surface area contributed by atoms with Crippen LogP contribution in [0.15, 0.2) is 24.3 Å². The Morgan fingerprint density at radius 1 is 1.16 bits per heavy atom. The van der Waals surface area contributed by atoms with E-state index in [1.165, 1.54) is 0 Å². The van der Waals surface area contributed by atoms with Crippen molar-refractivity contribution in [3.63, 3.8) is 0 Å². The highest BCUT2D eigenvalue weighted by atomic mass is 16.5. The maximum Gasteiger partial charge on any atom is 0.251 e. The molecule has 3 amide bonds. The Morgan fingerprint density at radius 3 is 2.60 bits per heavy atom. The average molecular weight is 345 g/mol. The first-order valence-corrected chi connectivity index (χ1v) is 8.70. The number of nitrogens with one attached hydrogen (secondary N) is 2. The molecule has 0 unspecified atom stereocenters. The van der Waals surface area contributed by atoms with Crippen LogP contribution < -0.4 is 15.5 Å². The predicted octanol–water partition coefficient (Wildman–Crippen LogP) is 0.838. The van der Waals surface area contributed by atoms with Gasteiger partial charge in [0.1, 0.15) is 0 Å². The summed E-state index contributed by atoms with van der Waals surface area (Å²) in [6.07, 6.45) is 3.50. The first kappa shape index (κ1) is 17.4. The van der Waals surface area contributed by atoms with E-state index in [1.807, 2.05) is 0 Å². The normalized spacial score (nSPS) is 19.9. The molecule has 2 aliphatic rings. The van der Waals surface area contributed by atoms with Crippen molar-refractivity contribution in [1.29, 1.82) is 0 Å². The first-order chi connectivity index (χ1) is 12.1. The zero-order chi connectivity index (χ0) is 17.6. The van der Waals surface area contributed by atoms with Crippen molar-refractivity contribution in [3.8, 4) is 0 Å². The fourth-order valence-corrected chi connectivity index (χ4v) is 3.07. The van der Waals surface area contributed by atoms with E-state index in [0.717, 1.165) is 38.1 Å². The van der Waals surface area contributed by atoms with Crippen molar-refractivity contribution in [1.82, 2.24) is 10.6 Å². The second-order valence-electron chi connectivity index (χ2n) is 6.32. The summed E-state index contributed by atoms with van der Waals surface area (Å²) in [6, 6.07) is 6.85. The van der Waals surface area contributed by atoms with Gasteiger partial charge in [-0.2, -0.15) is 0 Å². The van der Waals surface area contributed by atoms with E-state index in [1.54, 1.807) is 29.2 Å². The molecule has 2 aliphatic heterocycles. The number of nitrogens with zero attached hydrogens (tertiary/aromatic N) is 1. The van der Waals surface area contributed by atoms with Crippen LogP contribution in [0.3, 0.4) is 0 Å². The van der Waals surface area contributed by atoms with Crippen LogP contribution in [0.1, 0.15) is 36.0 Å². The summed E-state index contributed by atoms with van der Waals surface area (Å²) >= 11 is 0. The topological polar surface area (TPSA) is 87.7 Å². The number of carbonyl (C=O) groups is 3. The van der Waals surface area contributed by atoms with E-state index in [-0.39, 0.29) is 30.4 Å². The second-order valence-corrected chi connectivity index (χ2v) is 6.32. The fraction of sp³-hybridized carbons (Fsp3) is 0.500. The van der Waals surface area contributed by atoms with Crippen molar-refractivity contribution in [2.24, 2.45) is 0 Å². The van der Waals surface area contributed by atoms with Gasteiger partial charge in [-0.05, 0) is 43.5 Å². The lowest BCUT2D eigenvalue weighted by atomic mass is 10.2. The Balaban J connectivity index is 1.44. The molecule has 1 aromatic rings. The summed E-state index contributed by atoms with van der Waals surface area (Å²) < 4.78 is 5.43. The van der Waals surface area contributed by atoms with Crippen LogP contribution in [-0.2, 0) is 14.3 Å². The molecule has 1 aromatic carbocycles. The number of benzene rings is 1. The van der Waals surface area contributed by atoms with Gasteiger partial charge < -0.3 is 20.3 Å². The molecule has 2 fully saturated rings. The van der Waals surface area contributed by atoms with Crippen molar-refractivity contribution in [2.75, 3.05) is 31.1 Å². The SMILES string of the molecule is O=C(CNC(=O)c1ccc(N2CCCC2=O)cc1)NC[C@@H]1CCCO1. The fourth-order valence-electron chi connectivity index (χ4n) is 3.07. The molecule has 0 bridgehead atoms. The minimum absolute atomic E-state index is 0.0715. The Hall–Kier alpha value is -2.41. The van der Waals surface area contributed by atoms with Gasteiger partial charge >= 0.3 is 0 Å². The van der Waals surface area contributed by atoms with E-state index in [2.05, 4.69) is 10.6 Å². The zero-order valence-corrected chi connectivity index (χ0v) is 14.1. The molecule has 0 aromatic heterocycles. The van der Waals surface area contributed by atoms with Crippen LogP contribution in [-0.4, -0.2) is 50.1 Å². The van der Waals surface area contributed by atoms with Crippen LogP contribution in [0.25, 0.3) is 0 Å². The van der Waals surface area contributed by atoms with Crippen molar-refractivity contribution < 1.29 is 19.1 Å². The van der Waals surface area contributed by atoms with Crippen molar-refractivity contribution in [3.05, 3.63) is 29.8 Å². The lowest BCUT2D eigenvalue weighted by Crippen LogP contribution is -2.39. The maximum absolute atomic E-state index is 12.1. The van der Waals surface area contributed by atoms with Gasteiger partial charge in [-0.3, -0.25) is 14.4 Å². The second kappa shape index (κ2) is 8.11. The van der Waals surface area contributed by atoms with Gasteiger partial charge in [-0.1, -0.05) is 0 Å². The van der Waals surface area contributed by atoms with E-state index in [9.17, 15) is 14.4 Å². The van der Waals surface area contributed by atoms with E-state index in [0.29, 0.717) is 18.5 Å². The molecule has 0 spiro atoms. The lowest BCUT2D eigenvalue weighted by molar-refractivity contribution is -0.120. The molecule has 2 heterocycles. The molecule has 1 atom stereocenters. The highest BCUT2D eigenvalue weighted by Gasteiger charge is 2.21. The summed E-state index contributed by atoms with van der Waals surface area (Å²) in [5.41, 5.74) is 1.26. The third-order valence-corrected chi connectivity index (χ3v) is 4.47. The van der Waals surface area contributed by atoms with Gasteiger partial charge in [0, 0.05) is 37.4 Å². The molecule has 0 radical (unpaired) electrons. The minimum atomic E-state index is -0.313. The lowest BCUT2D eigenvalue weighted by Gasteiger charge is -2.16. The van der Waals surface area contributed by atoms with E-state index in [4.69, 9.17) is 4.74 Å². The van der Waals surface area contributed by atoms with Gasteiger partial charge in [0.2, 0.25) is 11.8 Å². The Bertz CT molecular complexity index is 638. The molecule has 0 saturated carbocycles. The molecule has 0 aliphatic carbocycles.